The Labute approximate surface area is 225 Å². The molecule has 0 spiro atoms. The van der Waals surface area contributed by atoms with Gasteiger partial charge in [0.05, 0.1) is 12.6 Å². The number of methoxy groups -OCH3 is 1. The minimum Gasteiger partial charge on any atom is -0.497 e. The summed E-state index contributed by atoms with van der Waals surface area (Å²) in [6, 6.07) is 27.8. The van der Waals surface area contributed by atoms with Crippen molar-refractivity contribution in [1.29, 1.82) is 0 Å². The van der Waals surface area contributed by atoms with E-state index in [1.165, 1.54) is 29.0 Å². The fraction of sp³-hybridized carbons (Fsp3) is 0.324. The SMILES string of the molecule is CCC(C)[C@@H]1CCN[C@@H]([C@@H](Oc2cc3ccccc3c3ccccc23)c2ccnc3ccc(OC)cc23)C1. The Morgan fingerprint density at radius 2 is 1.71 bits per heavy atom. The maximum absolute atomic E-state index is 7.17. The van der Waals surface area contributed by atoms with Gasteiger partial charge in [-0.1, -0.05) is 68.8 Å². The van der Waals surface area contributed by atoms with Gasteiger partial charge >= 0.3 is 0 Å². The van der Waals surface area contributed by atoms with E-state index >= 15 is 0 Å². The Morgan fingerprint density at radius 3 is 2.53 bits per heavy atom. The summed E-state index contributed by atoms with van der Waals surface area (Å²) in [5, 5.41) is 9.72. The molecule has 6 rings (SSSR count). The zero-order valence-electron chi connectivity index (χ0n) is 22.5. The predicted molar refractivity (Wildman–Crippen MR) is 157 cm³/mol. The van der Waals surface area contributed by atoms with E-state index in [9.17, 15) is 0 Å². The third-order valence-corrected chi connectivity index (χ3v) is 8.57. The molecule has 0 radical (unpaired) electrons. The minimum atomic E-state index is -0.177. The number of pyridine rings is 1. The summed E-state index contributed by atoms with van der Waals surface area (Å²) < 4.78 is 12.8. The first-order valence-corrected chi connectivity index (χ1v) is 13.9. The molecule has 1 aliphatic heterocycles. The van der Waals surface area contributed by atoms with Crippen LogP contribution in [0.3, 0.4) is 0 Å². The molecule has 1 fully saturated rings. The second-order valence-electron chi connectivity index (χ2n) is 10.7. The van der Waals surface area contributed by atoms with Crippen LogP contribution in [0.2, 0.25) is 0 Å². The quantitative estimate of drug-likeness (QED) is 0.228. The Hall–Kier alpha value is -3.63. The van der Waals surface area contributed by atoms with E-state index in [0.29, 0.717) is 11.8 Å². The number of benzene rings is 4. The van der Waals surface area contributed by atoms with Gasteiger partial charge in [0.2, 0.25) is 0 Å². The monoisotopic (exact) mass is 504 g/mol. The van der Waals surface area contributed by atoms with Gasteiger partial charge in [0, 0.05) is 28.6 Å². The summed E-state index contributed by atoms with van der Waals surface area (Å²) in [6.45, 7) is 5.70. The van der Waals surface area contributed by atoms with Crippen LogP contribution in [0.15, 0.2) is 85.1 Å². The largest absolute Gasteiger partial charge is 0.497 e. The maximum atomic E-state index is 7.17. The molecule has 5 aromatic rings. The van der Waals surface area contributed by atoms with Gasteiger partial charge in [-0.25, -0.2) is 0 Å². The highest BCUT2D eigenvalue weighted by molar-refractivity contribution is 6.10. The normalized spacial score (nSPS) is 19.4. The fourth-order valence-electron chi connectivity index (χ4n) is 6.20. The van der Waals surface area contributed by atoms with Gasteiger partial charge in [-0.15, -0.1) is 0 Å². The van der Waals surface area contributed by atoms with Gasteiger partial charge in [-0.3, -0.25) is 4.98 Å². The fourth-order valence-corrected chi connectivity index (χ4v) is 6.20. The molecule has 4 nitrogen and oxygen atoms in total. The van der Waals surface area contributed by atoms with E-state index in [2.05, 4.69) is 90.9 Å². The number of rotatable bonds is 7. The first kappa shape index (κ1) is 24.7. The van der Waals surface area contributed by atoms with Gasteiger partial charge in [0.25, 0.3) is 0 Å². The molecule has 1 unspecified atom stereocenters. The van der Waals surface area contributed by atoms with Crippen molar-refractivity contribution in [2.45, 2.75) is 45.3 Å². The highest BCUT2D eigenvalue weighted by Crippen LogP contribution is 2.40. The number of hydrogen-bond acceptors (Lipinski definition) is 4. The Bertz CT molecular complexity index is 1580. The third kappa shape index (κ3) is 4.58. The first-order chi connectivity index (χ1) is 18.7. The van der Waals surface area contributed by atoms with Crippen molar-refractivity contribution in [2.75, 3.05) is 13.7 Å². The molecule has 0 bridgehead atoms. The molecule has 4 heteroatoms. The maximum Gasteiger partial charge on any atom is 0.140 e. The molecule has 0 saturated carbocycles. The van der Waals surface area contributed by atoms with E-state index in [4.69, 9.17) is 9.47 Å². The number of nitrogens with zero attached hydrogens (tertiary/aromatic N) is 1. The highest BCUT2D eigenvalue weighted by atomic mass is 16.5. The van der Waals surface area contributed by atoms with E-state index in [1.54, 1.807) is 7.11 Å². The van der Waals surface area contributed by atoms with Gasteiger partial charge in [-0.2, -0.15) is 0 Å². The molecule has 4 atom stereocenters. The summed E-state index contributed by atoms with van der Waals surface area (Å²) >= 11 is 0. The van der Waals surface area contributed by atoms with Crippen LogP contribution < -0.4 is 14.8 Å². The van der Waals surface area contributed by atoms with Crippen LogP contribution in [0, 0.1) is 11.8 Å². The molecule has 1 aliphatic rings. The lowest BCUT2D eigenvalue weighted by Crippen LogP contribution is -2.45. The number of fused-ring (bicyclic) bond motifs is 4. The number of piperidine rings is 1. The molecule has 194 valence electrons. The summed E-state index contributed by atoms with van der Waals surface area (Å²) in [6.07, 6.45) is 5.23. The number of nitrogens with one attached hydrogen (secondary N) is 1. The van der Waals surface area contributed by atoms with Crippen molar-refractivity contribution < 1.29 is 9.47 Å². The average molecular weight is 505 g/mol. The Balaban J connectivity index is 1.51. The molecular weight excluding hydrogens is 468 g/mol. The smallest absolute Gasteiger partial charge is 0.140 e. The Kier molecular flexibility index (Phi) is 6.90. The van der Waals surface area contributed by atoms with Gasteiger partial charge < -0.3 is 14.8 Å². The van der Waals surface area contributed by atoms with Gasteiger partial charge in [0.15, 0.2) is 0 Å². The predicted octanol–water partition coefficient (Wildman–Crippen LogP) is 8.08. The zero-order valence-corrected chi connectivity index (χ0v) is 22.5. The van der Waals surface area contributed by atoms with Crippen molar-refractivity contribution in [2.24, 2.45) is 11.8 Å². The molecule has 1 saturated heterocycles. The van der Waals surface area contributed by atoms with Crippen LogP contribution in [-0.2, 0) is 0 Å². The van der Waals surface area contributed by atoms with Crippen molar-refractivity contribution in [3.8, 4) is 11.5 Å². The molecule has 0 aliphatic carbocycles. The van der Waals surface area contributed by atoms with E-state index < -0.39 is 0 Å². The molecule has 1 aromatic heterocycles. The van der Waals surface area contributed by atoms with Crippen LogP contribution in [0.1, 0.15) is 44.8 Å². The van der Waals surface area contributed by atoms with E-state index in [1.807, 2.05) is 18.3 Å². The van der Waals surface area contributed by atoms with Crippen molar-refractivity contribution in [3.63, 3.8) is 0 Å². The average Bonchev–Trinajstić information content (AvgIpc) is 2.99. The van der Waals surface area contributed by atoms with E-state index in [-0.39, 0.29) is 12.1 Å². The standard InChI is InChI=1S/C34H36N2O2/c1-4-22(2)23-15-17-36-32(19-23)34(29-16-18-35-31-14-13-25(37-3)21-30(29)31)38-33-20-24-9-5-6-10-26(24)27-11-7-8-12-28(27)33/h5-14,16,18,20-23,32,34,36H,4,15,17,19H2,1-3H3/t22?,23-,32-,34+/m1/s1. The van der Waals surface area contributed by atoms with Crippen LogP contribution >= 0.6 is 0 Å². The molecule has 1 N–H and O–H groups in total. The highest BCUT2D eigenvalue weighted by Gasteiger charge is 2.34. The molecule has 0 amide bonds. The Morgan fingerprint density at radius 1 is 0.921 bits per heavy atom. The number of ether oxygens (including phenoxy) is 2. The minimum absolute atomic E-state index is 0.177. The van der Waals surface area contributed by atoms with Crippen molar-refractivity contribution >= 4 is 32.4 Å². The number of hydrogen-bond donors (Lipinski definition) is 1. The van der Waals surface area contributed by atoms with Crippen LogP contribution in [0.25, 0.3) is 32.4 Å². The lowest BCUT2D eigenvalue weighted by molar-refractivity contribution is 0.108. The van der Waals surface area contributed by atoms with Crippen molar-refractivity contribution in [3.05, 3.63) is 90.6 Å². The third-order valence-electron chi connectivity index (χ3n) is 8.57. The lowest BCUT2D eigenvalue weighted by Gasteiger charge is -2.38. The molecule has 2 heterocycles. The number of aromatic nitrogens is 1. The topological polar surface area (TPSA) is 43.4 Å². The van der Waals surface area contributed by atoms with Gasteiger partial charge in [0.1, 0.15) is 17.6 Å². The first-order valence-electron chi connectivity index (χ1n) is 13.9. The molecule has 4 aromatic carbocycles. The van der Waals surface area contributed by atoms with Gasteiger partial charge in [-0.05, 0) is 77.7 Å². The zero-order chi connectivity index (χ0) is 26.1. The van der Waals surface area contributed by atoms with Crippen LogP contribution in [0.5, 0.6) is 11.5 Å². The second kappa shape index (κ2) is 10.6. The summed E-state index contributed by atoms with van der Waals surface area (Å²) in [4.78, 5) is 4.67. The molecule has 38 heavy (non-hydrogen) atoms. The second-order valence-corrected chi connectivity index (χ2v) is 10.7. The summed E-state index contributed by atoms with van der Waals surface area (Å²) in [5.74, 6) is 3.12. The van der Waals surface area contributed by atoms with Crippen molar-refractivity contribution in [1.82, 2.24) is 10.3 Å². The molecular formula is C34H36N2O2. The lowest BCUT2D eigenvalue weighted by atomic mass is 9.79. The van der Waals surface area contributed by atoms with Crippen LogP contribution in [0.4, 0.5) is 0 Å². The summed E-state index contributed by atoms with van der Waals surface area (Å²) in [5.41, 5.74) is 2.10. The van der Waals surface area contributed by atoms with E-state index in [0.717, 1.165) is 46.3 Å². The summed E-state index contributed by atoms with van der Waals surface area (Å²) in [7, 11) is 1.71. The van der Waals surface area contributed by atoms with Crippen LogP contribution in [-0.4, -0.2) is 24.7 Å².